The Morgan fingerprint density at radius 3 is 2.50 bits per heavy atom. The topological polar surface area (TPSA) is 44.8 Å². The van der Waals surface area contributed by atoms with E-state index < -0.39 is 0 Å². The van der Waals surface area contributed by atoms with Crippen LogP contribution < -0.4 is 10.1 Å². The van der Waals surface area contributed by atoms with Crippen molar-refractivity contribution in [3.8, 4) is 5.75 Å². The molecule has 1 N–H and O–H groups in total. The van der Waals surface area contributed by atoms with Crippen LogP contribution in [0.15, 0.2) is 42.5 Å². The number of benzene rings is 2. The monoisotopic (exact) mass is 421 g/mol. The minimum Gasteiger partial charge on any atom is -0.495 e. The molecule has 0 saturated carbocycles. The van der Waals surface area contributed by atoms with Crippen LogP contribution >= 0.6 is 23.2 Å². The lowest BCUT2D eigenvalue weighted by molar-refractivity contribution is -0.121. The van der Waals surface area contributed by atoms with E-state index in [1.165, 1.54) is 5.56 Å². The fraction of sp³-hybridized carbons (Fsp3) is 0.381. The molecule has 2 aromatic carbocycles. The van der Waals surface area contributed by atoms with Crippen LogP contribution in [0.2, 0.25) is 10.0 Å². The SMILES string of the molecule is COc1ccc(Cl)cc1NC(=O)[C@H](C)N1CCN(Cc2cccc(Cl)c2)CC1. The zero-order valence-electron chi connectivity index (χ0n) is 16.1. The second-order valence-corrected chi connectivity index (χ2v) is 7.82. The summed E-state index contributed by atoms with van der Waals surface area (Å²) >= 11 is 12.1. The summed E-state index contributed by atoms with van der Waals surface area (Å²) in [6.07, 6.45) is 0. The molecular weight excluding hydrogens is 397 g/mol. The van der Waals surface area contributed by atoms with Crippen LogP contribution in [0.3, 0.4) is 0 Å². The Labute approximate surface area is 176 Å². The quantitative estimate of drug-likeness (QED) is 0.760. The summed E-state index contributed by atoms with van der Waals surface area (Å²) < 4.78 is 5.30. The van der Waals surface area contributed by atoms with E-state index in [4.69, 9.17) is 27.9 Å². The lowest BCUT2D eigenvalue weighted by atomic mass is 10.1. The van der Waals surface area contributed by atoms with Gasteiger partial charge in [-0.1, -0.05) is 35.3 Å². The zero-order chi connectivity index (χ0) is 20.1. The van der Waals surface area contributed by atoms with Crippen molar-refractivity contribution in [3.05, 3.63) is 58.1 Å². The first-order valence-electron chi connectivity index (χ1n) is 9.31. The predicted molar refractivity (Wildman–Crippen MR) is 114 cm³/mol. The van der Waals surface area contributed by atoms with Gasteiger partial charge < -0.3 is 10.1 Å². The standard InChI is InChI=1S/C21H25Cl2N3O2/c1-15(21(27)24-19-13-18(23)6-7-20(19)28-2)26-10-8-25(9-11-26)14-16-4-3-5-17(22)12-16/h3-7,12-13,15H,8-11,14H2,1-2H3,(H,24,27)/t15-/m0/s1. The number of halogens is 2. The normalized spacial score (nSPS) is 16.6. The Kier molecular flexibility index (Phi) is 7.18. The fourth-order valence-electron chi connectivity index (χ4n) is 3.38. The van der Waals surface area contributed by atoms with E-state index in [1.54, 1.807) is 25.3 Å². The number of hydrogen-bond acceptors (Lipinski definition) is 4. The van der Waals surface area contributed by atoms with Crippen molar-refractivity contribution in [2.75, 3.05) is 38.6 Å². The molecule has 1 aliphatic rings. The van der Waals surface area contributed by atoms with E-state index in [2.05, 4.69) is 21.2 Å². The largest absolute Gasteiger partial charge is 0.495 e. The van der Waals surface area contributed by atoms with E-state index in [0.29, 0.717) is 16.5 Å². The maximum Gasteiger partial charge on any atom is 0.241 e. The average Bonchev–Trinajstić information content (AvgIpc) is 2.68. The fourth-order valence-corrected chi connectivity index (χ4v) is 3.77. The molecule has 1 aliphatic heterocycles. The van der Waals surface area contributed by atoms with Gasteiger partial charge in [0.25, 0.3) is 0 Å². The van der Waals surface area contributed by atoms with Gasteiger partial charge >= 0.3 is 0 Å². The molecule has 3 rings (SSSR count). The molecule has 0 aliphatic carbocycles. The molecule has 0 aromatic heterocycles. The Morgan fingerprint density at radius 2 is 1.82 bits per heavy atom. The third-order valence-corrected chi connectivity index (χ3v) is 5.52. The number of piperazine rings is 1. The summed E-state index contributed by atoms with van der Waals surface area (Å²) in [4.78, 5) is 17.3. The van der Waals surface area contributed by atoms with E-state index in [9.17, 15) is 4.79 Å². The molecule has 7 heteroatoms. The van der Waals surface area contributed by atoms with Gasteiger partial charge in [0.15, 0.2) is 0 Å². The van der Waals surface area contributed by atoms with Crippen molar-refractivity contribution in [2.24, 2.45) is 0 Å². The molecule has 0 unspecified atom stereocenters. The van der Waals surface area contributed by atoms with E-state index in [-0.39, 0.29) is 11.9 Å². The molecule has 1 atom stereocenters. The molecule has 28 heavy (non-hydrogen) atoms. The van der Waals surface area contributed by atoms with E-state index in [0.717, 1.165) is 37.7 Å². The highest BCUT2D eigenvalue weighted by atomic mass is 35.5. The van der Waals surface area contributed by atoms with E-state index in [1.807, 2.05) is 25.1 Å². The van der Waals surface area contributed by atoms with Crippen LogP contribution in [-0.2, 0) is 11.3 Å². The first-order valence-corrected chi connectivity index (χ1v) is 10.1. The number of methoxy groups -OCH3 is 1. The van der Waals surface area contributed by atoms with Crippen molar-refractivity contribution < 1.29 is 9.53 Å². The highest BCUT2D eigenvalue weighted by Gasteiger charge is 2.26. The minimum atomic E-state index is -0.239. The molecule has 1 amide bonds. The molecule has 0 radical (unpaired) electrons. The van der Waals surface area contributed by atoms with Gasteiger partial charge in [0.05, 0.1) is 18.8 Å². The van der Waals surface area contributed by atoms with Crippen LogP contribution in [-0.4, -0.2) is 55.0 Å². The van der Waals surface area contributed by atoms with Gasteiger partial charge in [-0.3, -0.25) is 14.6 Å². The second-order valence-electron chi connectivity index (χ2n) is 6.95. The zero-order valence-corrected chi connectivity index (χ0v) is 17.6. The molecule has 1 saturated heterocycles. The lowest BCUT2D eigenvalue weighted by Crippen LogP contribution is -2.52. The third kappa shape index (κ3) is 5.39. The highest BCUT2D eigenvalue weighted by Crippen LogP contribution is 2.28. The van der Waals surface area contributed by atoms with Crippen molar-refractivity contribution >= 4 is 34.8 Å². The average molecular weight is 422 g/mol. The summed E-state index contributed by atoms with van der Waals surface area (Å²) in [7, 11) is 1.57. The summed E-state index contributed by atoms with van der Waals surface area (Å²) in [5, 5.41) is 4.25. The number of amides is 1. The van der Waals surface area contributed by atoms with Crippen molar-refractivity contribution in [1.29, 1.82) is 0 Å². The Hall–Kier alpha value is -1.79. The van der Waals surface area contributed by atoms with Gasteiger partial charge in [-0.2, -0.15) is 0 Å². The van der Waals surface area contributed by atoms with Gasteiger partial charge in [-0.25, -0.2) is 0 Å². The Morgan fingerprint density at radius 1 is 1.11 bits per heavy atom. The second kappa shape index (κ2) is 9.61. The molecule has 1 heterocycles. The van der Waals surface area contributed by atoms with Gasteiger partial charge in [0, 0.05) is 42.8 Å². The first kappa shape index (κ1) is 20.9. The number of nitrogens with zero attached hydrogens (tertiary/aromatic N) is 2. The van der Waals surface area contributed by atoms with Crippen molar-refractivity contribution in [2.45, 2.75) is 19.5 Å². The molecule has 1 fully saturated rings. The molecule has 2 aromatic rings. The molecule has 0 spiro atoms. The van der Waals surface area contributed by atoms with Crippen LogP contribution in [0.25, 0.3) is 0 Å². The van der Waals surface area contributed by atoms with Gasteiger partial charge in [-0.15, -0.1) is 0 Å². The number of ether oxygens (including phenoxy) is 1. The first-order chi connectivity index (χ1) is 13.5. The molecule has 5 nitrogen and oxygen atoms in total. The molecule has 0 bridgehead atoms. The Bertz CT molecular complexity index is 823. The van der Waals surface area contributed by atoms with E-state index >= 15 is 0 Å². The smallest absolute Gasteiger partial charge is 0.241 e. The minimum absolute atomic E-state index is 0.0659. The maximum absolute atomic E-state index is 12.7. The van der Waals surface area contributed by atoms with Crippen molar-refractivity contribution in [1.82, 2.24) is 9.80 Å². The number of hydrogen-bond donors (Lipinski definition) is 1. The number of anilines is 1. The number of carbonyl (C=O) groups is 1. The summed E-state index contributed by atoms with van der Waals surface area (Å²) in [5.74, 6) is 0.528. The van der Waals surface area contributed by atoms with Crippen LogP contribution in [0.1, 0.15) is 12.5 Å². The van der Waals surface area contributed by atoms with Crippen molar-refractivity contribution in [3.63, 3.8) is 0 Å². The number of rotatable bonds is 6. The van der Waals surface area contributed by atoms with Crippen LogP contribution in [0.5, 0.6) is 5.75 Å². The van der Waals surface area contributed by atoms with Gasteiger partial charge in [0.1, 0.15) is 5.75 Å². The third-order valence-electron chi connectivity index (χ3n) is 5.05. The number of nitrogens with one attached hydrogen (secondary N) is 1. The predicted octanol–water partition coefficient (Wildman–Crippen LogP) is 4.15. The van der Waals surface area contributed by atoms with Crippen LogP contribution in [0, 0.1) is 0 Å². The highest BCUT2D eigenvalue weighted by molar-refractivity contribution is 6.31. The number of carbonyl (C=O) groups excluding carboxylic acids is 1. The summed E-state index contributed by atoms with van der Waals surface area (Å²) in [6.45, 7) is 6.28. The van der Waals surface area contributed by atoms with Crippen LogP contribution in [0.4, 0.5) is 5.69 Å². The molecular formula is C21H25Cl2N3O2. The van der Waals surface area contributed by atoms with Gasteiger partial charge in [0.2, 0.25) is 5.91 Å². The maximum atomic E-state index is 12.7. The Balaban J connectivity index is 1.54. The summed E-state index contributed by atoms with van der Waals surface area (Å²) in [6, 6.07) is 12.9. The summed E-state index contributed by atoms with van der Waals surface area (Å²) in [5.41, 5.74) is 1.80. The molecule has 150 valence electrons. The van der Waals surface area contributed by atoms with Gasteiger partial charge in [-0.05, 0) is 42.8 Å². The lowest BCUT2D eigenvalue weighted by Gasteiger charge is -2.37.